The first-order valence-corrected chi connectivity index (χ1v) is 11.6. The van der Waals surface area contributed by atoms with Crippen LogP contribution in [0.1, 0.15) is 46.5 Å². The Morgan fingerprint density at radius 1 is 1.17 bits per heavy atom. The van der Waals surface area contributed by atoms with Gasteiger partial charge >= 0.3 is 0 Å². The summed E-state index contributed by atoms with van der Waals surface area (Å²) in [5.41, 5.74) is -0.502. The van der Waals surface area contributed by atoms with Crippen LogP contribution in [0.3, 0.4) is 0 Å². The normalized spacial score (nSPS) is 42.0. The molecule has 7 heteroatoms. The van der Waals surface area contributed by atoms with Gasteiger partial charge in [0.25, 0.3) is 5.91 Å². The first-order chi connectivity index (χ1) is 11.1. The number of aliphatic imine (C=N–C) groups is 1. The highest BCUT2D eigenvalue weighted by Crippen LogP contribution is 2.51. The molecule has 2 aliphatic carbocycles. The van der Waals surface area contributed by atoms with Crippen LogP contribution in [0.15, 0.2) is 4.99 Å². The predicted octanol–water partition coefficient (Wildman–Crippen LogP) is 2.32. The van der Waals surface area contributed by atoms with E-state index in [1.807, 2.05) is 20.8 Å². The van der Waals surface area contributed by atoms with Gasteiger partial charge in [-0.25, -0.2) is 8.42 Å². The van der Waals surface area contributed by atoms with E-state index in [-0.39, 0.29) is 28.7 Å². The van der Waals surface area contributed by atoms with Crippen molar-refractivity contribution in [3.05, 3.63) is 0 Å². The lowest BCUT2D eigenvalue weighted by Gasteiger charge is -2.36. The van der Waals surface area contributed by atoms with Crippen molar-refractivity contribution in [1.82, 2.24) is 4.90 Å². The smallest absolute Gasteiger partial charge is 0.253 e. The fourth-order valence-electron chi connectivity index (χ4n) is 4.79. The first-order valence-electron chi connectivity index (χ1n) is 8.92. The van der Waals surface area contributed by atoms with Crippen LogP contribution in [0, 0.1) is 17.3 Å². The van der Waals surface area contributed by atoms with Gasteiger partial charge in [0.2, 0.25) is 0 Å². The highest BCUT2D eigenvalue weighted by atomic mass is 32.2. The van der Waals surface area contributed by atoms with E-state index in [1.165, 1.54) is 31.0 Å². The summed E-state index contributed by atoms with van der Waals surface area (Å²) in [6.07, 6.45) is 4.94. The molecule has 2 aliphatic heterocycles. The molecule has 0 radical (unpaired) electrons. The maximum atomic E-state index is 12.4. The molecule has 4 rings (SSSR count). The molecule has 5 nitrogen and oxygen atoms in total. The summed E-state index contributed by atoms with van der Waals surface area (Å²) in [5, 5.41) is 0.831. The molecule has 2 heterocycles. The van der Waals surface area contributed by atoms with Crippen molar-refractivity contribution < 1.29 is 13.2 Å². The Hall–Kier alpha value is -0.560. The summed E-state index contributed by atoms with van der Waals surface area (Å²) < 4.78 is 24.2. The number of hydrogen-bond donors (Lipinski definition) is 0. The van der Waals surface area contributed by atoms with Crippen LogP contribution in [0.2, 0.25) is 0 Å². The lowest BCUT2D eigenvalue weighted by atomic mass is 9.93. The Kier molecular flexibility index (Phi) is 3.85. The second-order valence-electron chi connectivity index (χ2n) is 8.90. The third-order valence-corrected chi connectivity index (χ3v) is 9.23. The SMILES string of the molecule is CC(C)(C)C(=O)N=C1S[C@H]2CS(=O)(=O)C[C@@H]2N1[C@@H]1C[C@@H]2CC[C@@H]1C2. The van der Waals surface area contributed by atoms with E-state index in [4.69, 9.17) is 0 Å². The number of hydrogen-bond acceptors (Lipinski definition) is 4. The number of sulfone groups is 1. The third kappa shape index (κ3) is 2.81. The molecule has 4 aliphatic rings. The van der Waals surface area contributed by atoms with Crippen molar-refractivity contribution in [2.75, 3.05) is 11.5 Å². The summed E-state index contributed by atoms with van der Waals surface area (Å²) in [7, 11) is -2.96. The zero-order valence-electron chi connectivity index (χ0n) is 14.6. The Balaban J connectivity index is 1.66. The average molecular weight is 371 g/mol. The van der Waals surface area contributed by atoms with E-state index in [0.717, 1.165) is 17.5 Å². The Morgan fingerprint density at radius 3 is 2.50 bits per heavy atom. The number of nitrogens with zero attached hydrogens (tertiary/aromatic N) is 2. The minimum Gasteiger partial charge on any atom is -0.343 e. The van der Waals surface area contributed by atoms with Crippen molar-refractivity contribution >= 4 is 32.7 Å². The number of fused-ring (bicyclic) bond motifs is 3. The summed E-state index contributed by atoms with van der Waals surface area (Å²) in [6.45, 7) is 5.64. The van der Waals surface area contributed by atoms with Gasteiger partial charge in [0.15, 0.2) is 15.0 Å². The first kappa shape index (κ1) is 16.9. The molecule has 0 aromatic carbocycles. The molecular formula is C17H26N2O3S2. The molecule has 0 unspecified atom stereocenters. The van der Waals surface area contributed by atoms with Gasteiger partial charge in [-0.1, -0.05) is 39.0 Å². The van der Waals surface area contributed by atoms with Crippen LogP contribution < -0.4 is 0 Å². The van der Waals surface area contributed by atoms with E-state index < -0.39 is 15.3 Å². The second kappa shape index (κ2) is 5.47. The minimum absolute atomic E-state index is 0.0101. The van der Waals surface area contributed by atoms with Gasteiger partial charge in [0.1, 0.15) is 0 Å². The molecule has 2 bridgehead atoms. The maximum Gasteiger partial charge on any atom is 0.253 e. The quantitative estimate of drug-likeness (QED) is 0.709. The minimum atomic E-state index is -2.96. The van der Waals surface area contributed by atoms with Gasteiger partial charge in [0, 0.05) is 16.7 Å². The second-order valence-corrected chi connectivity index (χ2v) is 12.3. The monoisotopic (exact) mass is 370 g/mol. The number of amidine groups is 1. The molecule has 4 fully saturated rings. The van der Waals surface area contributed by atoms with Crippen LogP contribution in [-0.4, -0.2) is 53.2 Å². The van der Waals surface area contributed by atoms with Crippen LogP contribution >= 0.6 is 11.8 Å². The van der Waals surface area contributed by atoms with Gasteiger partial charge in [-0.05, 0) is 31.1 Å². The van der Waals surface area contributed by atoms with Gasteiger partial charge in [-0.15, -0.1) is 0 Å². The van der Waals surface area contributed by atoms with Crippen LogP contribution in [0.25, 0.3) is 0 Å². The molecule has 0 N–H and O–H groups in total. The highest BCUT2D eigenvalue weighted by molar-refractivity contribution is 8.15. The molecule has 134 valence electrons. The van der Waals surface area contributed by atoms with Gasteiger partial charge in [-0.3, -0.25) is 4.79 Å². The Bertz CT molecular complexity index is 695. The van der Waals surface area contributed by atoms with Crippen LogP contribution in [0.4, 0.5) is 0 Å². The van der Waals surface area contributed by atoms with E-state index in [2.05, 4.69) is 9.89 Å². The molecule has 0 aromatic rings. The molecular weight excluding hydrogens is 344 g/mol. The van der Waals surface area contributed by atoms with Crippen molar-refractivity contribution in [3.8, 4) is 0 Å². The van der Waals surface area contributed by atoms with Gasteiger partial charge in [-0.2, -0.15) is 4.99 Å². The number of amides is 1. The molecule has 1 amide bonds. The summed E-state index contributed by atoms with van der Waals surface area (Å²) in [6, 6.07) is 0.391. The fourth-order valence-corrected chi connectivity index (χ4v) is 8.76. The van der Waals surface area contributed by atoms with E-state index in [1.54, 1.807) is 0 Å². The number of carbonyl (C=O) groups excluding carboxylic acids is 1. The summed E-state index contributed by atoms with van der Waals surface area (Å²) in [4.78, 5) is 19.2. The summed E-state index contributed by atoms with van der Waals surface area (Å²) >= 11 is 1.53. The topological polar surface area (TPSA) is 66.8 Å². The maximum absolute atomic E-state index is 12.4. The van der Waals surface area contributed by atoms with Gasteiger partial charge < -0.3 is 4.90 Å². The number of carbonyl (C=O) groups is 1. The average Bonchev–Trinajstić information content (AvgIpc) is 3.16. The Morgan fingerprint density at radius 2 is 1.92 bits per heavy atom. The van der Waals surface area contributed by atoms with E-state index >= 15 is 0 Å². The lowest BCUT2D eigenvalue weighted by Crippen LogP contribution is -2.47. The van der Waals surface area contributed by atoms with E-state index in [9.17, 15) is 13.2 Å². The zero-order chi connectivity index (χ0) is 17.3. The molecule has 5 atom stereocenters. The number of rotatable bonds is 1. The van der Waals surface area contributed by atoms with Crippen LogP contribution in [-0.2, 0) is 14.6 Å². The third-order valence-electron chi connectivity index (χ3n) is 6.00. The summed E-state index contributed by atoms with van der Waals surface area (Å²) in [5.74, 6) is 1.76. The largest absolute Gasteiger partial charge is 0.343 e. The molecule has 0 spiro atoms. The van der Waals surface area contributed by atoms with Crippen molar-refractivity contribution in [2.24, 2.45) is 22.2 Å². The van der Waals surface area contributed by atoms with Gasteiger partial charge in [0.05, 0.1) is 17.5 Å². The van der Waals surface area contributed by atoms with Crippen molar-refractivity contribution in [3.63, 3.8) is 0 Å². The molecule has 2 saturated heterocycles. The fraction of sp³-hybridized carbons (Fsp3) is 0.882. The lowest BCUT2D eigenvalue weighted by molar-refractivity contribution is -0.124. The predicted molar refractivity (Wildman–Crippen MR) is 96.8 cm³/mol. The van der Waals surface area contributed by atoms with Crippen molar-refractivity contribution in [1.29, 1.82) is 0 Å². The molecule has 0 aromatic heterocycles. The molecule has 2 saturated carbocycles. The number of thioether (sulfide) groups is 1. The highest BCUT2D eigenvalue weighted by Gasteiger charge is 2.54. The zero-order valence-corrected chi connectivity index (χ0v) is 16.2. The standard InChI is InChI=1S/C17H26N2O3S2/c1-17(2,3)15(20)18-16-19(12-7-10-4-5-11(12)6-10)13-8-24(21,22)9-14(13)23-16/h10-14H,4-9H2,1-3H3/t10-,11-,12-,13+,14+/m1/s1. The molecule has 24 heavy (non-hydrogen) atoms. The Labute approximate surface area is 148 Å². The van der Waals surface area contributed by atoms with E-state index in [0.29, 0.717) is 12.0 Å². The van der Waals surface area contributed by atoms with Crippen LogP contribution in [0.5, 0.6) is 0 Å². The van der Waals surface area contributed by atoms with Crippen molar-refractivity contribution in [2.45, 2.75) is 63.8 Å².